The Morgan fingerprint density at radius 2 is 2.19 bits per heavy atom. The van der Waals surface area contributed by atoms with Crippen LogP contribution < -0.4 is 15.0 Å². The van der Waals surface area contributed by atoms with Gasteiger partial charge in [-0.3, -0.25) is 9.59 Å². The number of hydrogen-bond acceptors (Lipinski definition) is 6. The standard InChI is InChI=1S/C16H17N5O5/c1-26-13-7-10(4-5-12(13)21-6-2-3-15(21)23)17-14(22)9-20-8-11(16(24)25)18-19-20/h4-5,7-8H,2-3,6,9H2,1H3,(H,17,22)(H,24,25). The lowest BCUT2D eigenvalue weighted by Gasteiger charge is -2.19. The molecule has 0 saturated carbocycles. The number of benzene rings is 1. The van der Waals surface area contributed by atoms with Crippen LogP contribution in [-0.4, -0.2) is 51.5 Å². The number of carboxylic acid groups (broad SMARTS) is 1. The van der Waals surface area contributed by atoms with E-state index >= 15 is 0 Å². The van der Waals surface area contributed by atoms with Crippen LogP contribution in [0.4, 0.5) is 11.4 Å². The average molecular weight is 359 g/mol. The lowest BCUT2D eigenvalue weighted by atomic mass is 10.2. The number of methoxy groups -OCH3 is 1. The second-order valence-corrected chi connectivity index (χ2v) is 5.69. The molecule has 1 fully saturated rings. The van der Waals surface area contributed by atoms with E-state index in [1.807, 2.05) is 0 Å². The van der Waals surface area contributed by atoms with Crippen molar-refractivity contribution in [2.75, 3.05) is 23.9 Å². The summed E-state index contributed by atoms with van der Waals surface area (Å²) in [4.78, 5) is 36.4. The molecule has 2 heterocycles. The molecule has 1 saturated heterocycles. The van der Waals surface area contributed by atoms with Crippen LogP contribution in [0.2, 0.25) is 0 Å². The van der Waals surface area contributed by atoms with Crippen molar-refractivity contribution in [2.24, 2.45) is 0 Å². The van der Waals surface area contributed by atoms with Crippen LogP contribution in [-0.2, 0) is 16.1 Å². The zero-order valence-electron chi connectivity index (χ0n) is 14.0. The Bertz CT molecular complexity index is 862. The molecular weight excluding hydrogens is 342 g/mol. The minimum atomic E-state index is -1.21. The molecule has 0 spiro atoms. The molecule has 1 aliphatic heterocycles. The molecule has 10 heteroatoms. The van der Waals surface area contributed by atoms with Gasteiger partial charge in [0.05, 0.1) is 19.0 Å². The summed E-state index contributed by atoms with van der Waals surface area (Å²) in [7, 11) is 1.49. The number of anilines is 2. The fraction of sp³-hybridized carbons (Fsp3) is 0.312. The van der Waals surface area contributed by atoms with Crippen LogP contribution in [0.1, 0.15) is 23.3 Å². The highest BCUT2D eigenvalue weighted by molar-refractivity contribution is 5.98. The van der Waals surface area contributed by atoms with Crippen molar-refractivity contribution in [3.8, 4) is 5.75 Å². The molecule has 2 aromatic rings. The fourth-order valence-electron chi connectivity index (χ4n) is 2.70. The first kappa shape index (κ1) is 17.4. The number of amides is 2. The molecule has 0 unspecified atom stereocenters. The zero-order valence-corrected chi connectivity index (χ0v) is 14.0. The van der Waals surface area contributed by atoms with Gasteiger partial charge in [-0.2, -0.15) is 0 Å². The normalized spacial score (nSPS) is 13.7. The Labute approximate surface area is 148 Å². The molecule has 1 aliphatic rings. The molecule has 0 atom stereocenters. The smallest absolute Gasteiger partial charge is 0.358 e. The summed E-state index contributed by atoms with van der Waals surface area (Å²) in [6, 6.07) is 5.02. The van der Waals surface area contributed by atoms with Crippen LogP contribution in [0.5, 0.6) is 5.75 Å². The van der Waals surface area contributed by atoms with Crippen molar-refractivity contribution < 1.29 is 24.2 Å². The van der Waals surface area contributed by atoms with Gasteiger partial charge in [-0.05, 0) is 18.6 Å². The van der Waals surface area contributed by atoms with E-state index in [1.54, 1.807) is 23.1 Å². The second-order valence-electron chi connectivity index (χ2n) is 5.69. The van der Waals surface area contributed by atoms with E-state index < -0.39 is 11.9 Å². The monoisotopic (exact) mass is 359 g/mol. The SMILES string of the molecule is COc1cc(NC(=O)Cn2cc(C(=O)O)nn2)ccc1N1CCCC1=O. The van der Waals surface area contributed by atoms with Crippen LogP contribution in [0.15, 0.2) is 24.4 Å². The molecular formula is C16H17N5O5. The highest BCUT2D eigenvalue weighted by Crippen LogP contribution is 2.33. The number of carbonyl (C=O) groups is 3. The molecule has 1 aromatic carbocycles. The summed E-state index contributed by atoms with van der Waals surface area (Å²) in [6.07, 6.45) is 2.49. The zero-order chi connectivity index (χ0) is 18.7. The molecule has 0 bridgehead atoms. The van der Waals surface area contributed by atoms with Crippen molar-refractivity contribution in [1.82, 2.24) is 15.0 Å². The third-order valence-corrected chi connectivity index (χ3v) is 3.89. The predicted octanol–water partition coefficient (Wildman–Crippen LogP) is 0.750. The van der Waals surface area contributed by atoms with Gasteiger partial charge in [0.25, 0.3) is 0 Å². The van der Waals surface area contributed by atoms with Crippen LogP contribution in [0.3, 0.4) is 0 Å². The Balaban J connectivity index is 1.70. The first-order chi connectivity index (χ1) is 12.5. The summed E-state index contributed by atoms with van der Waals surface area (Å²) >= 11 is 0. The lowest BCUT2D eigenvalue weighted by Crippen LogP contribution is -2.24. The second kappa shape index (κ2) is 7.21. The highest BCUT2D eigenvalue weighted by Gasteiger charge is 2.24. The first-order valence-corrected chi connectivity index (χ1v) is 7.89. The average Bonchev–Trinajstić information content (AvgIpc) is 3.24. The maximum atomic E-state index is 12.1. The number of ether oxygens (including phenoxy) is 1. The van der Waals surface area contributed by atoms with Gasteiger partial charge in [0.2, 0.25) is 11.8 Å². The quantitative estimate of drug-likeness (QED) is 0.779. The molecule has 2 amide bonds. The van der Waals surface area contributed by atoms with Crippen molar-refractivity contribution in [3.05, 3.63) is 30.1 Å². The predicted molar refractivity (Wildman–Crippen MR) is 90.2 cm³/mol. The number of carboxylic acids is 1. The Morgan fingerprint density at radius 3 is 2.81 bits per heavy atom. The number of rotatable bonds is 6. The van der Waals surface area contributed by atoms with Gasteiger partial charge in [-0.15, -0.1) is 5.10 Å². The molecule has 10 nitrogen and oxygen atoms in total. The van der Waals surface area contributed by atoms with E-state index in [-0.39, 0.29) is 18.1 Å². The number of aromatic nitrogens is 3. The van der Waals surface area contributed by atoms with Crippen LogP contribution >= 0.6 is 0 Å². The van der Waals surface area contributed by atoms with Gasteiger partial charge in [-0.1, -0.05) is 5.21 Å². The van der Waals surface area contributed by atoms with E-state index in [9.17, 15) is 14.4 Å². The number of hydrogen-bond donors (Lipinski definition) is 2. The maximum Gasteiger partial charge on any atom is 0.358 e. The summed E-state index contributed by atoms with van der Waals surface area (Å²) in [5.74, 6) is -1.10. The van der Waals surface area contributed by atoms with Gasteiger partial charge in [0, 0.05) is 24.7 Å². The minimum absolute atomic E-state index is 0.0421. The molecule has 0 radical (unpaired) electrons. The van der Waals surface area contributed by atoms with E-state index in [1.165, 1.54) is 13.3 Å². The van der Waals surface area contributed by atoms with E-state index in [2.05, 4.69) is 15.6 Å². The molecule has 136 valence electrons. The van der Waals surface area contributed by atoms with Crippen molar-refractivity contribution in [1.29, 1.82) is 0 Å². The van der Waals surface area contributed by atoms with Gasteiger partial charge < -0.3 is 20.1 Å². The summed E-state index contributed by atoms with van der Waals surface area (Å²) < 4.78 is 6.47. The first-order valence-electron chi connectivity index (χ1n) is 7.89. The van der Waals surface area contributed by atoms with Crippen LogP contribution in [0, 0.1) is 0 Å². The molecule has 0 aliphatic carbocycles. The largest absolute Gasteiger partial charge is 0.494 e. The third-order valence-electron chi connectivity index (χ3n) is 3.89. The van der Waals surface area contributed by atoms with Crippen molar-refractivity contribution in [3.63, 3.8) is 0 Å². The molecule has 1 aromatic heterocycles. The van der Waals surface area contributed by atoms with Gasteiger partial charge >= 0.3 is 5.97 Å². The summed E-state index contributed by atoms with van der Waals surface area (Å²) in [6.45, 7) is 0.452. The number of nitrogens with one attached hydrogen (secondary N) is 1. The molecule has 2 N–H and O–H groups in total. The molecule has 3 rings (SSSR count). The summed E-state index contributed by atoms with van der Waals surface area (Å²) in [5.41, 5.74) is 0.912. The fourth-order valence-corrected chi connectivity index (χ4v) is 2.70. The Kier molecular flexibility index (Phi) is 4.83. The van der Waals surface area contributed by atoms with Crippen LogP contribution in [0.25, 0.3) is 0 Å². The number of aromatic carboxylic acids is 1. The minimum Gasteiger partial charge on any atom is -0.494 e. The number of carbonyl (C=O) groups excluding carboxylic acids is 2. The van der Waals surface area contributed by atoms with E-state index in [0.717, 1.165) is 11.1 Å². The van der Waals surface area contributed by atoms with E-state index in [0.29, 0.717) is 30.1 Å². The third kappa shape index (κ3) is 3.63. The van der Waals surface area contributed by atoms with Gasteiger partial charge in [0.15, 0.2) is 5.69 Å². The lowest BCUT2D eigenvalue weighted by molar-refractivity contribution is -0.117. The topological polar surface area (TPSA) is 127 Å². The van der Waals surface area contributed by atoms with Crippen molar-refractivity contribution >= 4 is 29.2 Å². The van der Waals surface area contributed by atoms with Gasteiger partial charge in [-0.25, -0.2) is 9.48 Å². The summed E-state index contributed by atoms with van der Waals surface area (Å²) in [5, 5.41) is 18.5. The highest BCUT2D eigenvalue weighted by atomic mass is 16.5. The Hall–Kier alpha value is -3.43. The molecule has 26 heavy (non-hydrogen) atoms. The maximum absolute atomic E-state index is 12.1. The Morgan fingerprint density at radius 1 is 1.38 bits per heavy atom. The van der Waals surface area contributed by atoms with E-state index in [4.69, 9.17) is 9.84 Å². The van der Waals surface area contributed by atoms with Gasteiger partial charge in [0.1, 0.15) is 12.3 Å². The van der Waals surface area contributed by atoms with Crippen molar-refractivity contribution in [2.45, 2.75) is 19.4 Å². The number of nitrogens with zero attached hydrogens (tertiary/aromatic N) is 4.